The van der Waals surface area contributed by atoms with Crippen LogP contribution in [0.2, 0.25) is 5.02 Å². The van der Waals surface area contributed by atoms with E-state index >= 15 is 0 Å². The third-order valence-corrected chi connectivity index (χ3v) is 5.28. The first-order chi connectivity index (χ1) is 14.3. The van der Waals surface area contributed by atoms with Crippen LogP contribution in [0.15, 0.2) is 48.5 Å². The summed E-state index contributed by atoms with van der Waals surface area (Å²) in [6, 6.07) is 13.4. The van der Waals surface area contributed by atoms with E-state index in [1.54, 1.807) is 36.1 Å². The van der Waals surface area contributed by atoms with Gasteiger partial charge >= 0.3 is 6.03 Å². The number of anilines is 2. The second-order valence-corrected chi connectivity index (χ2v) is 7.68. The number of nitrogens with one attached hydrogen (secondary N) is 2. The molecule has 0 bridgehead atoms. The zero-order chi connectivity index (χ0) is 21.7. The van der Waals surface area contributed by atoms with Crippen molar-refractivity contribution in [3.63, 3.8) is 0 Å². The molecule has 1 saturated heterocycles. The molecule has 2 aromatic carbocycles. The van der Waals surface area contributed by atoms with E-state index in [1.807, 2.05) is 24.3 Å². The summed E-state index contributed by atoms with van der Waals surface area (Å²) in [6.07, 6.45) is 0. The normalized spacial score (nSPS) is 14.8. The summed E-state index contributed by atoms with van der Waals surface area (Å²) in [7, 11) is 0. The number of hydrogen-bond acceptors (Lipinski definition) is 4. The second kappa shape index (κ2) is 9.63. The predicted octanol–water partition coefficient (Wildman–Crippen LogP) is 3.40. The molecule has 1 heterocycles. The summed E-state index contributed by atoms with van der Waals surface area (Å²) in [5, 5.41) is 6.17. The van der Waals surface area contributed by atoms with Crippen LogP contribution in [0.5, 0.6) is 0 Å². The van der Waals surface area contributed by atoms with Gasteiger partial charge in [-0.1, -0.05) is 23.7 Å². The fraction of sp³-hybridized carbons (Fsp3) is 0.318. The first-order valence-electron chi connectivity index (χ1n) is 9.81. The second-order valence-electron chi connectivity index (χ2n) is 7.25. The highest BCUT2D eigenvalue weighted by molar-refractivity contribution is 6.30. The Balaban J connectivity index is 1.49. The Kier molecular flexibility index (Phi) is 6.95. The molecule has 2 N–H and O–H groups in total. The van der Waals surface area contributed by atoms with Gasteiger partial charge in [0.2, 0.25) is 5.91 Å². The van der Waals surface area contributed by atoms with E-state index in [0.29, 0.717) is 42.5 Å². The first-order valence-corrected chi connectivity index (χ1v) is 10.2. The fourth-order valence-electron chi connectivity index (χ4n) is 3.23. The van der Waals surface area contributed by atoms with E-state index in [9.17, 15) is 14.4 Å². The number of piperazine rings is 1. The summed E-state index contributed by atoms with van der Waals surface area (Å²) in [5.41, 5.74) is 2.11. The number of urea groups is 1. The van der Waals surface area contributed by atoms with Crippen LogP contribution in [0.25, 0.3) is 0 Å². The van der Waals surface area contributed by atoms with Crippen molar-refractivity contribution in [2.24, 2.45) is 0 Å². The van der Waals surface area contributed by atoms with Crippen molar-refractivity contribution < 1.29 is 14.4 Å². The maximum absolute atomic E-state index is 12.6. The SMILES string of the molecule is CC(=O)c1cccc(NC(=O)C(C)NC(=O)N2CCN(c3ccc(Cl)cc3)CC2)c1. The molecular weight excluding hydrogens is 404 g/mol. The molecule has 8 heteroatoms. The number of nitrogens with zero attached hydrogens (tertiary/aromatic N) is 2. The lowest BCUT2D eigenvalue weighted by molar-refractivity contribution is -0.117. The molecule has 0 aromatic heterocycles. The van der Waals surface area contributed by atoms with Gasteiger partial charge < -0.3 is 20.4 Å². The average molecular weight is 429 g/mol. The minimum atomic E-state index is -0.715. The lowest BCUT2D eigenvalue weighted by atomic mass is 10.1. The fourth-order valence-corrected chi connectivity index (χ4v) is 3.35. The van der Waals surface area contributed by atoms with Crippen LogP contribution in [-0.2, 0) is 4.79 Å². The molecule has 3 amide bonds. The molecule has 1 aliphatic heterocycles. The molecule has 30 heavy (non-hydrogen) atoms. The minimum Gasteiger partial charge on any atom is -0.368 e. The van der Waals surface area contributed by atoms with Gasteiger partial charge in [0, 0.05) is 48.1 Å². The van der Waals surface area contributed by atoms with E-state index in [2.05, 4.69) is 15.5 Å². The molecule has 0 aliphatic carbocycles. The Morgan fingerprint density at radius 3 is 2.30 bits per heavy atom. The molecule has 0 saturated carbocycles. The van der Waals surface area contributed by atoms with Crippen LogP contribution in [-0.4, -0.2) is 54.8 Å². The number of carbonyl (C=O) groups is 3. The standard InChI is InChI=1S/C22H25ClN4O3/c1-15(21(29)25-19-5-3-4-17(14-19)16(2)28)24-22(30)27-12-10-26(11-13-27)20-8-6-18(23)7-9-20/h3-9,14-15H,10-13H2,1-2H3,(H,24,30)(H,25,29). The quantitative estimate of drug-likeness (QED) is 0.715. The molecule has 0 radical (unpaired) electrons. The molecular formula is C22H25ClN4O3. The smallest absolute Gasteiger partial charge is 0.318 e. The Morgan fingerprint density at radius 2 is 1.67 bits per heavy atom. The van der Waals surface area contributed by atoms with Crippen LogP contribution in [0.4, 0.5) is 16.2 Å². The Hall–Kier alpha value is -3.06. The van der Waals surface area contributed by atoms with Crippen LogP contribution in [0, 0.1) is 0 Å². The van der Waals surface area contributed by atoms with Gasteiger partial charge in [0.1, 0.15) is 6.04 Å². The van der Waals surface area contributed by atoms with Crippen LogP contribution >= 0.6 is 11.6 Å². The third-order valence-electron chi connectivity index (χ3n) is 5.03. The molecule has 7 nitrogen and oxygen atoms in total. The summed E-state index contributed by atoms with van der Waals surface area (Å²) < 4.78 is 0. The third kappa shape index (κ3) is 5.51. The Morgan fingerprint density at radius 1 is 1.00 bits per heavy atom. The maximum Gasteiger partial charge on any atom is 0.318 e. The maximum atomic E-state index is 12.6. The van der Waals surface area contributed by atoms with Crippen molar-refractivity contribution in [1.82, 2.24) is 10.2 Å². The van der Waals surface area contributed by atoms with Crippen molar-refractivity contribution in [3.8, 4) is 0 Å². The topological polar surface area (TPSA) is 81.8 Å². The van der Waals surface area contributed by atoms with E-state index in [1.165, 1.54) is 6.92 Å². The van der Waals surface area contributed by atoms with Crippen LogP contribution in [0.3, 0.4) is 0 Å². The van der Waals surface area contributed by atoms with E-state index in [-0.39, 0.29) is 17.7 Å². The van der Waals surface area contributed by atoms with Crippen molar-refractivity contribution >= 4 is 40.7 Å². The van der Waals surface area contributed by atoms with Crippen LogP contribution < -0.4 is 15.5 Å². The Labute approximate surface area is 181 Å². The number of rotatable bonds is 5. The lowest BCUT2D eigenvalue weighted by Gasteiger charge is -2.36. The van der Waals surface area contributed by atoms with Gasteiger partial charge in [0.05, 0.1) is 0 Å². The van der Waals surface area contributed by atoms with Gasteiger partial charge in [-0.05, 0) is 50.2 Å². The molecule has 1 unspecified atom stereocenters. The van der Waals surface area contributed by atoms with Crippen molar-refractivity contribution in [1.29, 1.82) is 0 Å². The number of ketones is 1. The van der Waals surface area contributed by atoms with Gasteiger partial charge in [-0.3, -0.25) is 9.59 Å². The number of carbonyl (C=O) groups excluding carboxylic acids is 3. The largest absolute Gasteiger partial charge is 0.368 e. The molecule has 1 fully saturated rings. The van der Waals surface area contributed by atoms with E-state index < -0.39 is 6.04 Å². The van der Waals surface area contributed by atoms with Gasteiger partial charge in [-0.15, -0.1) is 0 Å². The first kappa shape index (κ1) is 21.6. The van der Waals surface area contributed by atoms with Gasteiger partial charge in [-0.25, -0.2) is 4.79 Å². The molecule has 1 atom stereocenters. The highest BCUT2D eigenvalue weighted by Gasteiger charge is 2.24. The Bertz CT molecular complexity index is 924. The number of amides is 3. The van der Waals surface area contributed by atoms with Gasteiger partial charge in [-0.2, -0.15) is 0 Å². The zero-order valence-electron chi connectivity index (χ0n) is 17.0. The highest BCUT2D eigenvalue weighted by atomic mass is 35.5. The van der Waals surface area contributed by atoms with E-state index in [4.69, 9.17) is 11.6 Å². The summed E-state index contributed by atoms with van der Waals surface area (Å²) in [5.74, 6) is -0.422. The molecule has 158 valence electrons. The highest BCUT2D eigenvalue weighted by Crippen LogP contribution is 2.19. The van der Waals surface area contributed by atoms with E-state index in [0.717, 1.165) is 5.69 Å². The minimum absolute atomic E-state index is 0.0785. The van der Waals surface area contributed by atoms with Crippen molar-refractivity contribution in [2.45, 2.75) is 19.9 Å². The number of Topliss-reactive ketones (excluding diaryl/α,β-unsaturated/α-hetero) is 1. The molecule has 0 spiro atoms. The summed E-state index contributed by atoms with van der Waals surface area (Å²) in [6.45, 7) is 5.62. The lowest BCUT2D eigenvalue weighted by Crippen LogP contribution is -2.54. The number of benzene rings is 2. The molecule has 3 rings (SSSR count). The van der Waals surface area contributed by atoms with Crippen molar-refractivity contribution in [3.05, 3.63) is 59.1 Å². The van der Waals surface area contributed by atoms with Crippen LogP contribution in [0.1, 0.15) is 24.2 Å². The van der Waals surface area contributed by atoms with Gasteiger partial charge in [0.25, 0.3) is 0 Å². The van der Waals surface area contributed by atoms with Gasteiger partial charge in [0.15, 0.2) is 5.78 Å². The number of hydrogen-bond donors (Lipinski definition) is 2. The summed E-state index contributed by atoms with van der Waals surface area (Å²) in [4.78, 5) is 40.4. The number of halogens is 1. The average Bonchev–Trinajstić information content (AvgIpc) is 2.74. The van der Waals surface area contributed by atoms with Crippen molar-refractivity contribution in [2.75, 3.05) is 36.4 Å². The molecule has 1 aliphatic rings. The predicted molar refractivity (Wildman–Crippen MR) is 118 cm³/mol. The monoisotopic (exact) mass is 428 g/mol. The zero-order valence-corrected chi connectivity index (χ0v) is 17.8. The summed E-state index contributed by atoms with van der Waals surface area (Å²) >= 11 is 5.93. The molecule has 2 aromatic rings.